The minimum Gasteiger partial charge on any atom is -0.493 e. The van der Waals surface area contributed by atoms with Gasteiger partial charge in [-0.25, -0.2) is 4.98 Å². The molecule has 0 N–H and O–H groups in total. The van der Waals surface area contributed by atoms with Crippen LogP contribution in [0.5, 0.6) is 11.5 Å². The van der Waals surface area contributed by atoms with E-state index in [1.165, 1.54) is 11.8 Å². The number of hydrogen-bond donors (Lipinski definition) is 0. The molecule has 9 heteroatoms. The molecule has 0 aliphatic heterocycles. The van der Waals surface area contributed by atoms with Crippen molar-refractivity contribution < 1.29 is 23.5 Å². The summed E-state index contributed by atoms with van der Waals surface area (Å²) in [6, 6.07) is 15.0. The number of carbonyl (C=O) groups is 1. The van der Waals surface area contributed by atoms with Crippen LogP contribution in [-0.4, -0.2) is 36.1 Å². The summed E-state index contributed by atoms with van der Waals surface area (Å²) < 4.78 is 23.1. The number of benzene rings is 2. The van der Waals surface area contributed by atoms with Gasteiger partial charge in [0.15, 0.2) is 21.6 Å². The number of rotatable bonds is 8. The number of thioether (sulfide) groups is 1. The minimum absolute atomic E-state index is 0.0377. The monoisotopic (exact) mass is 442 g/mol. The summed E-state index contributed by atoms with van der Waals surface area (Å²) in [7, 11) is 3.15. The quantitative estimate of drug-likeness (QED) is 0.284. The fourth-order valence-corrected chi connectivity index (χ4v) is 4.60. The number of fused-ring (bicyclic) bond motifs is 1. The second kappa shape index (κ2) is 9.19. The molecule has 0 bridgehead atoms. The lowest BCUT2D eigenvalue weighted by atomic mass is 10.1. The largest absolute Gasteiger partial charge is 0.493 e. The molecule has 0 saturated heterocycles. The van der Waals surface area contributed by atoms with E-state index in [2.05, 4.69) is 10.1 Å². The van der Waals surface area contributed by atoms with Crippen molar-refractivity contribution in [2.45, 2.75) is 10.9 Å². The first-order valence-electron chi connectivity index (χ1n) is 8.98. The van der Waals surface area contributed by atoms with Gasteiger partial charge in [0, 0.05) is 11.6 Å². The molecule has 4 aromatic rings. The molecule has 0 radical (unpaired) electrons. The van der Waals surface area contributed by atoms with E-state index in [0.29, 0.717) is 23.0 Å². The average molecular weight is 443 g/mol. The van der Waals surface area contributed by atoms with Crippen LogP contribution in [0.25, 0.3) is 21.5 Å². The summed E-state index contributed by atoms with van der Waals surface area (Å²) in [6.45, 7) is 0.0377. The molecular weight excluding hydrogens is 424 g/mol. The Morgan fingerprint density at radius 3 is 2.73 bits per heavy atom. The second-order valence-corrected chi connectivity index (χ2v) is 8.40. The molecule has 0 atom stereocenters. The number of para-hydroxylation sites is 1. The van der Waals surface area contributed by atoms with Gasteiger partial charge in [-0.05, 0) is 30.3 Å². The zero-order valence-corrected chi connectivity index (χ0v) is 17.9. The van der Waals surface area contributed by atoms with Gasteiger partial charge in [0.1, 0.15) is 12.3 Å². The fourth-order valence-electron chi connectivity index (χ4n) is 2.73. The summed E-state index contributed by atoms with van der Waals surface area (Å²) >= 11 is 2.92. The van der Waals surface area contributed by atoms with Crippen molar-refractivity contribution >= 4 is 39.3 Å². The van der Waals surface area contributed by atoms with E-state index >= 15 is 0 Å². The van der Waals surface area contributed by atoms with E-state index in [-0.39, 0.29) is 18.3 Å². The maximum atomic E-state index is 12.1. The van der Waals surface area contributed by atoms with Crippen LogP contribution in [0, 0.1) is 0 Å². The predicted molar refractivity (Wildman–Crippen MR) is 115 cm³/mol. The van der Waals surface area contributed by atoms with Crippen molar-refractivity contribution in [2.24, 2.45) is 0 Å². The van der Waals surface area contributed by atoms with Crippen LogP contribution >= 0.6 is 23.1 Å². The summed E-state index contributed by atoms with van der Waals surface area (Å²) in [6.07, 6.45) is 0. The molecule has 2 aromatic heterocycles. The van der Waals surface area contributed by atoms with E-state index in [1.807, 2.05) is 30.3 Å². The molecule has 2 heterocycles. The van der Waals surface area contributed by atoms with Gasteiger partial charge in [0.25, 0.3) is 0 Å². The first-order chi connectivity index (χ1) is 14.7. The van der Waals surface area contributed by atoms with Crippen LogP contribution in [0.1, 0.15) is 5.69 Å². The molecule has 2 aromatic carbocycles. The zero-order chi connectivity index (χ0) is 20.9. The second-order valence-electron chi connectivity index (χ2n) is 6.15. The molecule has 0 unspecified atom stereocenters. The fraction of sp³-hybridized carbons (Fsp3) is 0.190. The highest BCUT2D eigenvalue weighted by molar-refractivity contribution is 8.01. The molecule has 4 rings (SSSR count). The van der Waals surface area contributed by atoms with Crippen LogP contribution in [0.15, 0.2) is 57.4 Å². The average Bonchev–Trinajstić information content (AvgIpc) is 3.42. The van der Waals surface area contributed by atoms with Crippen LogP contribution < -0.4 is 9.47 Å². The van der Waals surface area contributed by atoms with Crippen LogP contribution in [0.2, 0.25) is 0 Å². The Hall–Kier alpha value is -3.04. The number of aromatic nitrogens is 2. The number of thiazole rings is 1. The van der Waals surface area contributed by atoms with E-state index < -0.39 is 0 Å². The number of methoxy groups -OCH3 is 2. The molecule has 0 spiro atoms. The molecular formula is C21H18N2O5S2. The van der Waals surface area contributed by atoms with Gasteiger partial charge in [0.05, 0.1) is 30.2 Å². The molecule has 0 fully saturated rings. The van der Waals surface area contributed by atoms with Crippen molar-refractivity contribution in [3.63, 3.8) is 0 Å². The van der Waals surface area contributed by atoms with Crippen LogP contribution in [0.4, 0.5) is 0 Å². The number of carbonyl (C=O) groups excluding carboxylic acids is 1. The first-order valence-corrected chi connectivity index (χ1v) is 10.8. The number of esters is 1. The van der Waals surface area contributed by atoms with Crippen molar-refractivity contribution in [1.29, 1.82) is 0 Å². The van der Waals surface area contributed by atoms with Gasteiger partial charge in [-0.3, -0.25) is 4.79 Å². The molecule has 0 amide bonds. The highest BCUT2D eigenvalue weighted by Gasteiger charge is 2.13. The predicted octanol–water partition coefficient (Wildman–Crippen LogP) is 4.80. The van der Waals surface area contributed by atoms with Gasteiger partial charge >= 0.3 is 5.97 Å². The lowest BCUT2D eigenvalue weighted by Gasteiger charge is -2.07. The zero-order valence-electron chi connectivity index (χ0n) is 16.3. The number of hydrogen-bond acceptors (Lipinski definition) is 9. The molecule has 30 heavy (non-hydrogen) atoms. The van der Waals surface area contributed by atoms with Crippen molar-refractivity contribution in [1.82, 2.24) is 10.1 Å². The highest BCUT2D eigenvalue weighted by atomic mass is 32.2. The third-order valence-electron chi connectivity index (χ3n) is 4.20. The Balaban J connectivity index is 1.32. The standard InChI is InChI=1S/C21H18N2O5S2/c1-25-16-8-7-13(9-18(16)26-2)17-10-14(23-28-17)11-27-20(24)12-29-21-22-15-5-3-4-6-19(15)30-21/h3-10H,11-12H2,1-2H3. The molecule has 154 valence electrons. The Labute approximate surface area is 181 Å². The van der Waals surface area contributed by atoms with E-state index in [4.69, 9.17) is 18.7 Å². The topological polar surface area (TPSA) is 83.7 Å². The minimum atomic E-state index is -0.338. The number of ether oxygens (including phenoxy) is 3. The first kappa shape index (κ1) is 20.2. The Morgan fingerprint density at radius 1 is 1.10 bits per heavy atom. The Bertz CT molecular complexity index is 1140. The van der Waals surface area contributed by atoms with Crippen molar-refractivity contribution in [2.75, 3.05) is 20.0 Å². The normalized spacial score (nSPS) is 10.9. The van der Waals surface area contributed by atoms with Gasteiger partial charge in [-0.15, -0.1) is 11.3 Å². The summed E-state index contributed by atoms with van der Waals surface area (Å²) in [4.78, 5) is 16.6. The van der Waals surface area contributed by atoms with Crippen LogP contribution in [0.3, 0.4) is 0 Å². The lowest BCUT2D eigenvalue weighted by Crippen LogP contribution is -2.07. The SMILES string of the molecule is COc1ccc(-c2cc(COC(=O)CSc3nc4ccccc4s3)no2)cc1OC. The van der Waals surface area contributed by atoms with E-state index in [9.17, 15) is 4.79 Å². The van der Waals surface area contributed by atoms with E-state index in [1.54, 1.807) is 43.8 Å². The highest BCUT2D eigenvalue weighted by Crippen LogP contribution is 2.33. The lowest BCUT2D eigenvalue weighted by molar-refractivity contribution is -0.141. The number of nitrogens with zero attached hydrogens (tertiary/aromatic N) is 2. The Kier molecular flexibility index (Phi) is 6.20. The van der Waals surface area contributed by atoms with Gasteiger partial charge in [-0.1, -0.05) is 29.1 Å². The van der Waals surface area contributed by atoms with Gasteiger partial charge in [-0.2, -0.15) is 0 Å². The molecule has 7 nitrogen and oxygen atoms in total. The van der Waals surface area contributed by atoms with Gasteiger partial charge < -0.3 is 18.7 Å². The summed E-state index contributed by atoms with van der Waals surface area (Å²) in [5.74, 6) is 1.60. The summed E-state index contributed by atoms with van der Waals surface area (Å²) in [5.41, 5.74) is 2.24. The van der Waals surface area contributed by atoms with Crippen molar-refractivity contribution in [3.05, 3.63) is 54.2 Å². The third kappa shape index (κ3) is 4.58. The Morgan fingerprint density at radius 2 is 1.93 bits per heavy atom. The molecule has 0 aliphatic rings. The molecule has 0 saturated carbocycles. The smallest absolute Gasteiger partial charge is 0.316 e. The summed E-state index contributed by atoms with van der Waals surface area (Å²) in [5, 5.41) is 3.97. The maximum absolute atomic E-state index is 12.1. The van der Waals surface area contributed by atoms with Crippen molar-refractivity contribution in [3.8, 4) is 22.8 Å². The molecule has 0 aliphatic carbocycles. The maximum Gasteiger partial charge on any atom is 0.316 e. The third-order valence-corrected chi connectivity index (χ3v) is 6.35. The van der Waals surface area contributed by atoms with E-state index in [0.717, 1.165) is 20.1 Å². The van der Waals surface area contributed by atoms with Gasteiger partial charge in [0.2, 0.25) is 0 Å². The van der Waals surface area contributed by atoms with Crippen LogP contribution in [-0.2, 0) is 16.1 Å².